The predicted molar refractivity (Wildman–Crippen MR) is 112 cm³/mol. The molecular formula is C19H25N7O3. The Morgan fingerprint density at radius 3 is 2.69 bits per heavy atom. The number of methoxy groups -OCH3 is 1. The van der Waals surface area contributed by atoms with E-state index in [1.54, 1.807) is 6.07 Å². The van der Waals surface area contributed by atoms with Crippen molar-refractivity contribution in [3.05, 3.63) is 38.3 Å². The number of nitrogens with zero attached hydrogens (tertiary/aromatic N) is 4. The van der Waals surface area contributed by atoms with E-state index in [1.165, 1.54) is 11.7 Å². The van der Waals surface area contributed by atoms with Crippen LogP contribution in [-0.4, -0.2) is 42.0 Å². The van der Waals surface area contributed by atoms with Crippen molar-refractivity contribution in [3.63, 3.8) is 0 Å². The van der Waals surface area contributed by atoms with E-state index < -0.39 is 11.2 Å². The van der Waals surface area contributed by atoms with Crippen LogP contribution < -0.4 is 38.2 Å². The SMILES string of the molecule is [C-]#[N+]CC(N)C1CCN(c2cc(N)c3c(=O)n(N)c(=O)n(C4CC4)c3c2OC)C1. The summed E-state index contributed by atoms with van der Waals surface area (Å²) in [6.07, 6.45) is 2.51. The lowest BCUT2D eigenvalue weighted by atomic mass is 10.00. The highest BCUT2D eigenvalue weighted by Crippen LogP contribution is 2.44. The van der Waals surface area contributed by atoms with Gasteiger partial charge in [-0.3, -0.25) is 9.36 Å². The Kier molecular flexibility index (Phi) is 4.62. The highest BCUT2D eigenvalue weighted by Gasteiger charge is 2.34. The summed E-state index contributed by atoms with van der Waals surface area (Å²) in [6, 6.07) is 1.48. The molecule has 154 valence electrons. The quantitative estimate of drug-likeness (QED) is 0.362. The van der Waals surface area contributed by atoms with Gasteiger partial charge in [0.05, 0.1) is 24.2 Å². The van der Waals surface area contributed by atoms with Gasteiger partial charge < -0.3 is 31.8 Å². The second-order valence-electron chi connectivity index (χ2n) is 7.80. The Labute approximate surface area is 167 Å². The molecule has 1 aromatic carbocycles. The molecule has 1 aliphatic heterocycles. The van der Waals surface area contributed by atoms with Crippen molar-refractivity contribution in [2.45, 2.75) is 31.3 Å². The molecule has 4 rings (SSSR count). The van der Waals surface area contributed by atoms with E-state index in [2.05, 4.69) is 9.74 Å². The van der Waals surface area contributed by atoms with Gasteiger partial charge in [-0.25, -0.2) is 11.4 Å². The zero-order valence-electron chi connectivity index (χ0n) is 16.3. The van der Waals surface area contributed by atoms with Gasteiger partial charge in [0.2, 0.25) is 6.54 Å². The molecule has 6 N–H and O–H groups in total. The Balaban J connectivity index is 1.91. The first-order chi connectivity index (χ1) is 13.9. The molecule has 2 fully saturated rings. The number of rotatable bonds is 5. The first-order valence-electron chi connectivity index (χ1n) is 9.65. The summed E-state index contributed by atoms with van der Waals surface area (Å²) < 4.78 is 7.86. The number of hydrogen-bond donors (Lipinski definition) is 3. The van der Waals surface area contributed by atoms with Gasteiger partial charge in [-0.1, -0.05) is 0 Å². The molecule has 0 radical (unpaired) electrons. The zero-order valence-corrected chi connectivity index (χ0v) is 16.3. The summed E-state index contributed by atoms with van der Waals surface area (Å²) in [5.41, 5.74) is 12.6. The van der Waals surface area contributed by atoms with Crippen LogP contribution in [0.15, 0.2) is 15.7 Å². The fourth-order valence-corrected chi connectivity index (χ4v) is 4.25. The third-order valence-electron chi connectivity index (χ3n) is 5.94. The van der Waals surface area contributed by atoms with Crippen LogP contribution in [0.4, 0.5) is 11.4 Å². The van der Waals surface area contributed by atoms with Crippen LogP contribution in [0.1, 0.15) is 25.3 Å². The maximum Gasteiger partial charge on any atom is 0.350 e. The van der Waals surface area contributed by atoms with E-state index in [4.69, 9.17) is 28.6 Å². The summed E-state index contributed by atoms with van der Waals surface area (Å²) in [5, 5.41) is 0.194. The molecule has 29 heavy (non-hydrogen) atoms. The molecular weight excluding hydrogens is 374 g/mol. The van der Waals surface area contributed by atoms with E-state index in [-0.39, 0.29) is 35.6 Å². The summed E-state index contributed by atoms with van der Waals surface area (Å²) in [7, 11) is 1.52. The van der Waals surface area contributed by atoms with E-state index in [0.717, 1.165) is 31.5 Å². The van der Waals surface area contributed by atoms with Gasteiger partial charge in [0.1, 0.15) is 5.52 Å². The average Bonchev–Trinajstić information content (AvgIpc) is 3.40. The lowest BCUT2D eigenvalue weighted by molar-refractivity contribution is 0.415. The average molecular weight is 399 g/mol. The normalized spacial score (nSPS) is 20.0. The van der Waals surface area contributed by atoms with Crippen LogP contribution >= 0.6 is 0 Å². The van der Waals surface area contributed by atoms with E-state index >= 15 is 0 Å². The topological polar surface area (TPSA) is 139 Å². The first-order valence-corrected chi connectivity index (χ1v) is 9.65. The van der Waals surface area contributed by atoms with Gasteiger partial charge in [-0.05, 0) is 25.3 Å². The predicted octanol–water partition coefficient (Wildman–Crippen LogP) is -0.124. The van der Waals surface area contributed by atoms with E-state index in [1.807, 2.05) is 0 Å². The fraction of sp³-hybridized carbons (Fsp3) is 0.526. The molecule has 10 heteroatoms. The molecule has 2 unspecified atom stereocenters. The number of hydrogen-bond acceptors (Lipinski definition) is 7. The molecule has 1 aromatic heterocycles. The number of nitrogens with two attached hydrogens (primary N) is 3. The van der Waals surface area contributed by atoms with Crippen molar-refractivity contribution < 1.29 is 4.74 Å². The number of fused-ring (bicyclic) bond motifs is 1. The Morgan fingerprint density at radius 2 is 2.07 bits per heavy atom. The molecule has 0 spiro atoms. The van der Waals surface area contributed by atoms with Crippen LogP contribution in [0, 0.1) is 12.5 Å². The third-order valence-corrected chi connectivity index (χ3v) is 5.94. The van der Waals surface area contributed by atoms with Crippen molar-refractivity contribution in [2.75, 3.05) is 43.2 Å². The standard InChI is InChI=1S/C19H25N7O3/c1-23-8-13(21)10-5-6-24(9-10)14-7-12(20)15-16(17(14)29-2)25(11-3-4-11)19(28)26(22)18(15)27/h7,10-11,13H,3-6,8-9,20-22H2,2H3. The number of ether oxygens (including phenoxy) is 1. The van der Waals surface area contributed by atoms with Crippen LogP contribution in [0.3, 0.4) is 0 Å². The minimum atomic E-state index is -0.636. The summed E-state index contributed by atoms with van der Waals surface area (Å²) in [5.74, 6) is 6.36. The molecule has 2 aliphatic rings. The van der Waals surface area contributed by atoms with Gasteiger partial charge in [-0.15, -0.1) is 0 Å². The molecule has 0 amide bonds. The molecule has 1 saturated heterocycles. The number of anilines is 2. The second-order valence-corrected chi connectivity index (χ2v) is 7.80. The van der Waals surface area contributed by atoms with Gasteiger partial charge in [0, 0.05) is 30.7 Å². The summed E-state index contributed by atoms with van der Waals surface area (Å²) in [6.45, 7) is 8.70. The highest BCUT2D eigenvalue weighted by molar-refractivity contribution is 5.99. The lowest BCUT2D eigenvalue weighted by Gasteiger charge is -2.25. The molecule has 2 heterocycles. The van der Waals surface area contributed by atoms with Crippen molar-refractivity contribution >= 4 is 22.3 Å². The Hall–Kier alpha value is -3.19. The maximum absolute atomic E-state index is 12.8. The molecule has 2 aromatic rings. The second kappa shape index (κ2) is 7.00. The number of nitrogen functional groups attached to an aromatic ring is 2. The number of benzene rings is 1. The molecule has 1 saturated carbocycles. The fourth-order valence-electron chi connectivity index (χ4n) is 4.25. The van der Waals surface area contributed by atoms with Crippen LogP contribution in [0.2, 0.25) is 0 Å². The van der Waals surface area contributed by atoms with Crippen LogP contribution in [0.25, 0.3) is 15.7 Å². The molecule has 2 atom stereocenters. The third kappa shape index (κ3) is 2.98. The molecule has 1 aliphatic carbocycles. The monoisotopic (exact) mass is 399 g/mol. The molecule has 10 nitrogen and oxygen atoms in total. The van der Waals surface area contributed by atoms with Gasteiger partial charge >= 0.3 is 5.69 Å². The minimum absolute atomic E-state index is 0.0256. The number of aromatic nitrogens is 2. The van der Waals surface area contributed by atoms with E-state index in [0.29, 0.717) is 22.5 Å². The largest absolute Gasteiger partial charge is 0.492 e. The van der Waals surface area contributed by atoms with Crippen LogP contribution in [0.5, 0.6) is 5.75 Å². The smallest absolute Gasteiger partial charge is 0.350 e. The van der Waals surface area contributed by atoms with Gasteiger partial charge in [0.25, 0.3) is 5.56 Å². The van der Waals surface area contributed by atoms with Gasteiger partial charge in [-0.2, -0.15) is 4.68 Å². The van der Waals surface area contributed by atoms with Gasteiger partial charge in [0.15, 0.2) is 5.75 Å². The first kappa shape index (κ1) is 19.1. The van der Waals surface area contributed by atoms with Crippen molar-refractivity contribution in [2.24, 2.45) is 11.7 Å². The molecule has 0 bridgehead atoms. The van der Waals surface area contributed by atoms with Crippen molar-refractivity contribution in [3.8, 4) is 5.75 Å². The van der Waals surface area contributed by atoms with Crippen LogP contribution in [-0.2, 0) is 0 Å². The van der Waals surface area contributed by atoms with Crippen molar-refractivity contribution in [1.29, 1.82) is 0 Å². The maximum atomic E-state index is 12.8. The lowest BCUT2D eigenvalue weighted by Crippen LogP contribution is -2.44. The summed E-state index contributed by atoms with van der Waals surface area (Å²) >= 11 is 0. The zero-order chi connectivity index (χ0) is 20.9. The minimum Gasteiger partial charge on any atom is -0.492 e. The Morgan fingerprint density at radius 1 is 1.34 bits per heavy atom. The van der Waals surface area contributed by atoms with Crippen molar-refractivity contribution in [1.82, 2.24) is 9.24 Å². The summed E-state index contributed by atoms with van der Waals surface area (Å²) in [4.78, 5) is 31.0. The highest BCUT2D eigenvalue weighted by atomic mass is 16.5. The van der Waals surface area contributed by atoms with E-state index in [9.17, 15) is 9.59 Å². The Bertz CT molecular complexity index is 1130.